The van der Waals surface area contributed by atoms with E-state index in [-0.39, 0.29) is 6.61 Å². The molecule has 0 amide bonds. The van der Waals surface area contributed by atoms with E-state index < -0.39 is 3.79 Å². The molecule has 0 saturated carbocycles. The van der Waals surface area contributed by atoms with Crippen molar-refractivity contribution >= 4 is 50.7 Å². The normalized spacial score (nSPS) is 11.8. The SMILES string of the molecule is OCc1ccc(Br)cc1C(Cl)(Cl)Cl. The maximum absolute atomic E-state index is 8.98. The van der Waals surface area contributed by atoms with Crippen LogP contribution in [0.5, 0.6) is 0 Å². The summed E-state index contributed by atoms with van der Waals surface area (Å²) in [5.74, 6) is 0. The summed E-state index contributed by atoms with van der Waals surface area (Å²) in [6, 6.07) is 5.17. The zero-order valence-corrected chi connectivity index (χ0v) is 10.3. The molecule has 0 radical (unpaired) electrons. The quantitative estimate of drug-likeness (QED) is 0.783. The molecule has 0 atom stereocenters. The Hall–Kier alpha value is 0.530. The summed E-state index contributed by atoms with van der Waals surface area (Å²) in [6.07, 6.45) is 0. The highest BCUT2D eigenvalue weighted by molar-refractivity contribution is 9.10. The Bertz CT molecular complexity index is 309. The van der Waals surface area contributed by atoms with Gasteiger partial charge in [0.2, 0.25) is 3.79 Å². The van der Waals surface area contributed by atoms with Crippen molar-refractivity contribution in [2.24, 2.45) is 0 Å². The van der Waals surface area contributed by atoms with E-state index in [1.807, 2.05) is 0 Å². The second-order valence-electron chi connectivity index (χ2n) is 2.46. The van der Waals surface area contributed by atoms with E-state index in [0.29, 0.717) is 11.1 Å². The van der Waals surface area contributed by atoms with Gasteiger partial charge in [0.15, 0.2) is 0 Å². The van der Waals surface area contributed by atoms with Gasteiger partial charge in [-0.15, -0.1) is 0 Å². The molecule has 0 heterocycles. The van der Waals surface area contributed by atoms with Crippen LogP contribution in [0.15, 0.2) is 22.7 Å². The molecule has 0 unspecified atom stereocenters. The van der Waals surface area contributed by atoms with Crippen LogP contribution < -0.4 is 0 Å². The van der Waals surface area contributed by atoms with Crippen LogP contribution >= 0.6 is 50.7 Å². The highest BCUT2D eigenvalue weighted by Gasteiger charge is 2.25. The summed E-state index contributed by atoms with van der Waals surface area (Å²) in [7, 11) is 0. The number of hydrogen-bond acceptors (Lipinski definition) is 1. The second-order valence-corrected chi connectivity index (χ2v) is 5.65. The van der Waals surface area contributed by atoms with E-state index in [0.717, 1.165) is 4.47 Å². The first-order valence-corrected chi connectivity index (χ1v) is 5.34. The third kappa shape index (κ3) is 3.00. The van der Waals surface area contributed by atoms with E-state index in [9.17, 15) is 0 Å². The molecule has 72 valence electrons. The van der Waals surface area contributed by atoms with Crippen molar-refractivity contribution in [1.29, 1.82) is 0 Å². The molecule has 0 aromatic heterocycles. The van der Waals surface area contributed by atoms with E-state index >= 15 is 0 Å². The summed E-state index contributed by atoms with van der Waals surface area (Å²) >= 11 is 20.4. The minimum atomic E-state index is -1.50. The van der Waals surface area contributed by atoms with E-state index in [1.54, 1.807) is 18.2 Å². The molecule has 0 spiro atoms. The Morgan fingerprint density at radius 2 is 1.92 bits per heavy atom. The van der Waals surface area contributed by atoms with Gasteiger partial charge in [-0.1, -0.05) is 56.8 Å². The molecule has 0 aliphatic carbocycles. The average molecular weight is 304 g/mol. The molecule has 1 aromatic rings. The van der Waals surface area contributed by atoms with Crippen LogP contribution in [0, 0.1) is 0 Å². The van der Waals surface area contributed by atoms with Gasteiger partial charge in [-0.2, -0.15) is 0 Å². The van der Waals surface area contributed by atoms with Crippen molar-refractivity contribution in [3.8, 4) is 0 Å². The molecule has 1 aromatic carbocycles. The molecule has 1 N–H and O–H groups in total. The highest BCUT2D eigenvalue weighted by atomic mass is 79.9. The van der Waals surface area contributed by atoms with Crippen molar-refractivity contribution in [3.05, 3.63) is 33.8 Å². The minimum Gasteiger partial charge on any atom is -0.392 e. The average Bonchev–Trinajstić information content (AvgIpc) is 2.03. The fraction of sp³-hybridized carbons (Fsp3) is 0.250. The number of halogens is 4. The minimum absolute atomic E-state index is 0.142. The van der Waals surface area contributed by atoms with Crippen LogP contribution in [0.25, 0.3) is 0 Å². The van der Waals surface area contributed by atoms with Gasteiger partial charge in [-0.05, 0) is 17.7 Å². The van der Waals surface area contributed by atoms with Gasteiger partial charge in [0.25, 0.3) is 0 Å². The Morgan fingerprint density at radius 1 is 1.31 bits per heavy atom. The van der Waals surface area contributed by atoms with E-state index in [1.165, 1.54) is 0 Å². The molecule has 0 saturated heterocycles. The molecule has 0 bridgehead atoms. The van der Waals surface area contributed by atoms with Gasteiger partial charge >= 0.3 is 0 Å². The molecule has 0 aliphatic heterocycles. The van der Waals surface area contributed by atoms with Gasteiger partial charge in [0.1, 0.15) is 0 Å². The summed E-state index contributed by atoms with van der Waals surface area (Å²) < 4.78 is -0.687. The lowest BCUT2D eigenvalue weighted by atomic mass is 10.1. The van der Waals surface area contributed by atoms with Crippen molar-refractivity contribution in [2.45, 2.75) is 10.4 Å². The van der Waals surface area contributed by atoms with E-state index in [2.05, 4.69) is 15.9 Å². The fourth-order valence-corrected chi connectivity index (χ4v) is 1.84. The zero-order valence-electron chi connectivity index (χ0n) is 6.40. The number of aliphatic hydroxyl groups is 1. The molecule has 1 rings (SSSR count). The lowest BCUT2D eigenvalue weighted by molar-refractivity contribution is 0.280. The summed E-state index contributed by atoms with van der Waals surface area (Å²) in [6.45, 7) is -0.142. The van der Waals surface area contributed by atoms with Crippen LogP contribution in [0.1, 0.15) is 11.1 Å². The molecular formula is C8H6BrCl3O. The number of rotatable bonds is 1. The summed E-state index contributed by atoms with van der Waals surface area (Å²) in [5, 5.41) is 8.98. The van der Waals surface area contributed by atoms with Crippen molar-refractivity contribution in [1.82, 2.24) is 0 Å². The number of aliphatic hydroxyl groups excluding tert-OH is 1. The maximum Gasteiger partial charge on any atom is 0.216 e. The first kappa shape index (κ1) is 11.6. The fourth-order valence-electron chi connectivity index (χ4n) is 0.950. The molecule has 13 heavy (non-hydrogen) atoms. The van der Waals surface area contributed by atoms with Gasteiger partial charge in [0.05, 0.1) is 6.61 Å². The Balaban J connectivity index is 3.24. The van der Waals surface area contributed by atoms with Gasteiger partial charge in [0, 0.05) is 10.0 Å². The molecule has 0 aliphatic rings. The van der Waals surface area contributed by atoms with Crippen LogP contribution in [0.2, 0.25) is 0 Å². The smallest absolute Gasteiger partial charge is 0.216 e. The first-order valence-electron chi connectivity index (χ1n) is 3.41. The molecule has 5 heteroatoms. The van der Waals surface area contributed by atoms with Gasteiger partial charge in [-0.25, -0.2) is 0 Å². The monoisotopic (exact) mass is 302 g/mol. The van der Waals surface area contributed by atoms with Crippen LogP contribution in [0.4, 0.5) is 0 Å². The predicted octanol–water partition coefficient (Wildman–Crippen LogP) is 3.77. The van der Waals surface area contributed by atoms with Crippen molar-refractivity contribution in [3.63, 3.8) is 0 Å². The third-order valence-corrected chi connectivity index (χ3v) is 2.65. The number of benzene rings is 1. The maximum atomic E-state index is 8.98. The standard InChI is InChI=1S/C8H6BrCl3O/c9-6-2-1-5(4-13)7(3-6)8(10,11)12/h1-3,13H,4H2. The zero-order chi connectivity index (χ0) is 10.1. The summed E-state index contributed by atoms with van der Waals surface area (Å²) in [5.41, 5.74) is 1.11. The van der Waals surface area contributed by atoms with Gasteiger partial charge in [-0.3, -0.25) is 0 Å². The van der Waals surface area contributed by atoms with Gasteiger partial charge < -0.3 is 5.11 Å². The molecular weight excluding hydrogens is 298 g/mol. The van der Waals surface area contributed by atoms with Crippen molar-refractivity contribution in [2.75, 3.05) is 0 Å². The second kappa shape index (κ2) is 4.37. The number of alkyl halides is 3. The highest BCUT2D eigenvalue weighted by Crippen LogP contribution is 2.40. The lowest BCUT2D eigenvalue weighted by Crippen LogP contribution is -2.05. The van der Waals surface area contributed by atoms with Crippen LogP contribution in [-0.2, 0) is 10.4 Å². The van der Waals surface area contributed by atoms with Crippen molar-refractivity contribution < 1.29 is 5.11 Å². The molecule has 0 fully saturated rings. The van der Waals surface area contributed by atoms with E-state index in [4.69, 9.17) is 39.9 Å². The van der Waals surface area contributed by atoms with Crippen LogP contribution in [-0.4, -0.2) is 5.11 Å². The predicted molar refractivity (Wildman–Crippen MR) is 59.3 cm³/mol. The lowest BCUT2D eigenvalue weighted by Gasteiger charge is -2.15. The topological polar surface area (TPSA) is 20.2 Å². The first-order chi connectivity index (χ1) is 5.95. The largest absolute Gasteiger partial charge is 0.392 e. The third-order valence-electron chi connectivity index (χ3n) is 1.55. The van der Waals surface area contributed by atoms with Crippen LogP contribution in [0.3, 0.4) is 0 Å². The Morgan fingerprint density at radius 3 is 2.38 bits per heavy atom. The summed E-state index contributed by atoms with van der Waals surface area (Å²) in [4.78, 5) is 0. The number of hydrogen-bond donors (Lipinski definition) is 1. The Kier molecular flexibility index (Phi) is 3.90. The Labute approximate surface area is 99.7 Å². The molecule has 1 nitrogen and oxygen atoms in total.